The van der Waals surface area contributed by atoms with E-state index in [4.69, 9.17) is 9.39 Å². The van der Waals surface area contributed by atoms with Crippen molar-refractivity contribution >= 4 is 12.4 Å². The van der Waals surface area contributed by atoms with Crippen LogP contribution in [0.25, 0.3) is 11.3 Å². The van der Waals surface area contributed by atoms with Crippen LogP contribution in [-0.2, 0) is 11.3 Å². The third kappa shape index (κ3) is 5.31. The van der Waals surface area contributed by atoms with Crippen LogP contribution < -0.4 is 10.2 Å². The van der Waals surface area contributed by atoms with Gasteiger partial charge in [0.05, 0.1) is 11.3 Å². The highest BCUT2D eigenvalue weighted by molar-refractivity contribution is 6.66. The van der Waals surface area contributed by atoms with E-state index in [2.05, 4.69) is 70.7 Å². The third-order valence-corrected chi connectivity index (χ3v) is 5.93. The van der Waals surface area contributed by atoms with Gasteiger partial charge in [-0.3, -0.25) is 4.98 Å². The lowest BCUT2D eigenvalue weighted by Crippen LogP contribution is -2.46. The van der Waals surface area contributed by atoms with Crippen molar-refractivity contribution < 1.29 is 9.39 Å². The van der Waals surface area contributed by atoms with Gasteiger partial charge in [0, 0.05) is 11.8 Å². The minimum absolute atomic E-state index is 0.0316. The quantitative estimate of drug-likeness (QED) is 0.455. The molecular weight excluding hydrogens is 369 g/mol. The summed E-state index contributed by atoms with van der Waals surface area (Å²) in [5, 5.41) is 0. The highest BCUT2D eigenvalue weighted by atomic mass is 16.5. The van der Waals surface area contributed by atoms with Gasteiger partial charge < -0.3 is 9.39 Å². The molecule has 0 atom stereocenters. The zero-order chi connectivity index (χ0) is 21.8. The molecule has 3 rings (SSSR count). The summed E-state index contributed by atoms with van der Waals surface area (Å²) in [6.07, 6.45) is 1.81. The van der Waals surface area contributed by atoms with Gasteiger partial charge in [0.15, 0.2) is 0 Å². The zero-order valence-corrected chi connectivity index (χ0v) is 19.0. The molecule has 4 heteroatoms. The van der Waals surface area contributed by atoms with Crippen LogP contribution in [-0.4, -0.2) is 17.5 Å². The third-order valence-electron chi connectivity index (χ3n) is 5.93. The molecule has 0 radical (unpaired) electrons. The Kier molecular flexibility index (Phi) is 6.67. The van der Waals surface area contributed by atoms with Crippen LogP contribution in [0.4, 0.5) is 0 Å². The number of nitrogens with zero attached hydrogens (tertiary/aromatic N) is 1. The highest BCUT2D eigenvalue weighted by Gasteiger charge is 2.36. The molecule has 0 amide bonds. The van der Waals surface area contributed by atoms with E-state index in [1.165, 1.54) is 0 Å². The second kappa shape index (κ2) is 9.05. The minimum Gasteiger partial charge on any atom is -0.488 e. The van der Waals surface area contributed by atoms with Gasteiger partial charge in [0.1, 0.15) is 12.4 Å². The van der Waals surface area contributed by atoms with Crippen LogP contribution in [0.1, 0.15) is 40.2 Å². The molecule has 0 saturated carbocycles. The van der Waals surface area contributed by atoms with Gasteiger partial charge >= 0.3 is 6.92 Å². The summed E-state index contributed by atoms with van der Waals surface area (Å²) in [4.78, 5) is 4.56. The first-order chi connectivity index (χ1) is 14.2. The van der Waals surface area contributed by atoms with E-state index in [1.54, 1.807) is 0 Å². The van der Waals surface area contributed by atoms with Crippen molar-refractivity contribution in [3.63, 3.8) is 0 Å². The van der Waals surface area contributed by atoms with Gasteiger partial charge in [-0.25, -0.2) is 0 Å². The predicted molar refractivity (Wildman–Crippen MR) is 126 cm³/mol. The van der Waals surface area contributed by atoms with Crippen LogP contribution in [0.3, 0.4) is 0 Å². The molecule has 0 aliphatic heterocycles. The van der Waals surface area contributed by atoms with E-state index in [0.29, 0.717) is 6.61 Å². The number of aromatic nitrogens is 1. The lowest BCUT2D eigenvalue weighted by molar-refractivity contribution is 0.000450. The molecule has 0 bridgehead atoms. The van der Waals surface area contributed by atoms with Crippen LogP contribution in [0.15, 0.2) is 72.9 Å². The van der Waals surface area contributed by atoms with Gasteiger partial charge in [-0.2, -0.15) is 0 Å². The lowest BCUT2D eigenvalue weighted by atomic mass is 9.61. The first-order valence-electron chi connectivity index (χ1n) is 10.6. The van der Waals surface area contributed by atoms with Gasteiger partial charge in [0.2, 0.25) is 0 Å². The molecule has 0 N–H and O–H groups in total. The van der Waals surface area contributed by atoms with Gasteiger partial charge in [-0.1, -0.05) is 76.1 Å². The minimum atomic E-state index is -0.264. The Hall–Kier alpha value is -2.59. The standard InChI is InChI=1S/C26H32BNO2/c1-25(2,3)26(4,5)30-27(6)21-15-16-24(29-19-20-12-8-7-9-13-20)22(18-21)23-14-10-11-17-28-23/h7-18H,19H2,1-6H3. The summed E-state index contributed by atoms with van der Waals surface area (Å²) < 4.78 is 12.7. The normalized spacial score (nSPS) is 11.9. The Morgan fingerprint density at radius 2 is 1.57 bits per heavy atom. The Bertz CT molecular complexity index is 950. The molecule has 0 aliphatic rings. The largest absolute Gasteiger partial charge is 0.488 e. The molecule has 0 unspecified atom stereocenters. The smallest absolute Gasteiger partial charge is 0.324 e. The maximum absolute atomic E-state index is 6.49. The van der Waals surface area contributed by atoms with Crippen molar-refractivity contribution in [1.29, 1.82) is 0 Å². The topological polar surface area (TPSA) is 31.4 Å². The SMILES string of the molecule is CB(OC(C)(C)C(C)(C)C)c1ccc(OCc2ccccc2)c(-c2ccccn2)c1. The Morgan fingerprint density at radius 1 is 0.867 bits per heavy atom. The monoisotopic (exact) mass is 401 g/mol. The second-order valence-electron chi connectivity index (χ2n) is 9.27. The molecule has 3 nitrogen and oxygen atoms in total. The van der Waals surface area contributed by atoms with Gasteiger partial charge in [-0.15, -0.1) is 0 Å². The van der Waals surface area contributed by atoms with Crippen LogP contribution in [0, 0.1) is 5.41 Å². The zero-order valence-electron chi connectivity index (χ0n) is 19.0. The average Bonchev–Trinajstić information content (AvgIpc) is 2.72. The average molecular weight is 401 g/mol. The summed E-state index contributed by atoms with van der Waals surface area (Å²) in [6, 6.07) is 22.4. The molecule has 0 fully saturated rings. The molecule has 156 valence electrons. The van der Waals surface area contributed by atoms with Gasteiger partial charge in [0.25, 0.3) is 0 Å². The van der Waals surface area contributed by atoms with Crippen LogP contribution in [0.5, 0.6) is 5.75 Å². The van der Waals surface area contributed by atoms with Crippen molar-refractivity contribution in [2.45, 2.75) is 53.6 Å². The molecule has 3 aromatic rings. The molecule has 30 heavy (non-hydrogen) atoms. The summed E-state index contributed by atoms with van der Waals surface area (Å²) in [6.45, 7) is 13.5. The van der Waals surface area contributed by atoms with Crippen molar-refractivity contribution in [1.82, 2.24) is 4.98 Å². The maximum atomic E-state index is 6.49. The molecule has 0 spiro atoms. The van der Waals surface area contributed by atoms with Gasteiger partial charge in [-0.05, 0) is 48.5 Å². The summed E-state index contributed by atoms with van der Waals surface area (Å²) >= 11 is 0. The first kappa shape index (κ1) is 22.1. The highest BCUT2D eigenvalue weighted by Crippen LogP contribution is 2.34. The number of ether oxygens (including phenoxy) is 1. The Labute approximate surface area is 181 Å². The Morgan fingerprint density at radius 3 is 2.20 bits per heavy atom. The fourth-order valence-electron chi connectivity index (χ4n) is 3.07. The lowest BCUT2D eigenvalue weighted by Gasteiger charge is -2.41. The van der Waals surface area contributed by atoms with E-state index >= 15 is 0 Å². The second-order valence-corrected chi connectivity index (χ2v) is 9.27. The van der Waals surface area contributed by atoms with Crippen molar-refractivity contribution in [3.05, 3.63) is 78.5 Å². The fourth-order valence-corrected chi connectivity index (χ4v) is 3.07. The van der Waals surface area contributed by atoms with E-state index < -0.39 is 0 Å². The number of hydrogen-bond acceptors (Lipinski definition) is 3. The van der Waals surface area contributed by atoms with Crippen molar-refractivity contribution in [3.8, 4) is 17.0 Å². The number of benzene rings is 2. The summed E-state index contributed by atoms with van der Waals surface area (Å²) in [5.41, 5.74) is 3.89. The van der Waals surface area contributed by atoms with E-state index in [-0.39, 0.29) is 17.9 Å². The Balaban J connectivity index is 1.90. The van der Waals surface area contributed by atoms with E-state index in [9.17, 15) is 0 Å². The number of hydrogen-bond donors (Lipinski definition) is 0. The molecule has 0 aliphatic carbocycles. The first-order valence-corrected chi connectivity index (χ1v) is 10.6. The molecule has 0 saturated heterocycles. The number of rotatable bonds is 7. The van der Waals surface area contributed by atoms with Crippen LogP contribution >= 0.6 is 0 Å². The maximum Gasteiger partial charge on any atom is 0.324 e. The predicted octanol–water partition coefficient (Wildman–Crippen LogP) is 6.00. The fraction of sp³-hybridized carbons (Fsp3) is 0.346. The van der Waals surface area contributed by atoms with Crippen molar-refractivity contribution in [2.24, 2.45) is 5.41 Å². The summed E-state index contributed by atoms with van der Waals surface area (Å²) in [7, 11) is 0. The molecule has 1 heterocycles. The van der Waals surface area contributed by atoms with Crippen molar-refractivity contribution in [2.75, 3.05) is 0 Å². The molecule has 2 aromatic carbocycles. The number of pyridine rings is 1. The van der Waals surface area contributed by atoms with E-state index in [0.717, 1.165) is 28.0 Å². The molecule has 1 aromatic heterocycles. The van der Waals surface area contributed by atoms with E-state index in [1.807, 2.05) is 48.7 Å². The van der Waals surface area contributed by atoms with Crippen LogP contribution in [0.2, 0.25) is 6.82 Å². The summed E-state index contributed by atoms with van der Waals surface area (Å²) in [5.74, 6) is 0.823. The molecular formula is C26H32BNO2.